The molecule has 0 amide bonds. The van der Waals surface area contributed by atoms with E-state index in [1.165, 1.54) is 5.56 Å². The molecule has 0 saturated carbocycles. The molecule has 0 bridgehead atoms. The van der Waals surface area contributed by atoms with Gasteiger partial charge in [0.15, 0.2) is 23.0 Å². The second kappa shape index (κ2) is 7.23. The van der Waals surface area contributed by atoms with Crippen LogP contribution in [-0.4, -0.2) is 44.9 Å². The van der Waals surface area contributed by atoms with Crippen molar-refractivity contribution in [2.24, 2.45) is 0 Å². The summed E-state index contributed by atoms with van der Waals surface area (Å²) in [6.07, 6.45) is 2.55. The molecule has 0 fully saturated rings. The van der Waals surface area contributed by atoms with Crippen LogP contribution >= 0.6 is 0 Å². The monoisotopic (exact) mass is 343 g/mol. The van der Waals surface area contributed by atoms with Gasteiger partial charge < -0.3 is 24.2 Å². The lowest BCUT2D eigenvalue weighted by atomic mass is 9.97. The standard InChI is InChI=1S/C20H25NO4/c1-21(2)10-9-13-6-8-16(22)20-15(13)7-5-14-11-18(23-3)19(24-4)12-17(14)25-20/h6,8,11-12,22H,5,7,9-10H2,1-4H3. The number of methoxy groups -OCH3 is 2. The maximum atomic E-state index is 10.3. The van der Waals surface area contributed by atoms with Gasteiger partial charge in [0.1, 0.15) is 5.75 Å². The van der Waals surface area contributed by atoms with Crippen LogP contribution in [0.15, 0.2) is 24.3 Å². The SMILES string of the molecule is COc1cc2c(cc1OC)Oc1c(O)ccc(CCN(C)C)c1CC2. The lowest BCUT2D eigenvalue weighted by Crippen LogP contribution is -2.16. The number of hydrogen-bond acceptors (Lipinski definition) is 5. The Labute approximate surface area is 148 Å². The van der Waals surface area contributed by atoms with Crippen molar-refractivity contribution in [3.05, 3.63) is 41.0 Å². The molecule has 0 saturated heterocycles. The van der Waals surface area contributed by atoms with Gasteiger partial charge in [-0.05, 0) is 56.6 Å². The van der Waals surface area contributed by atoms with Crippen LogP contribution in [0.25, 0.3) is 0 Å². The van der Waals surface area contributed by atoms with E-state index in [9.17, 15) is 5.11 Å². The maximum Gasteiger partial charge on any atom is 0.172 e. The topological polar surface area (TPSA) is 51.2 Å². The van der Waals surface area contributed by atoms with Crippen LogP contribution in [0.2, 0.25) is 0 Å². The van der Waals surface area contributed by atoms with Gasteiger partial charge in [-0.1, -0.05) is 6.07 Å². The summed E-state index contributed by atoms with van der Waals surface area (Å²) in [4.78, 5) is 2.15. The van der Waals surface area contributed by atoms with Gasteiger partial charge in [-0.2, -0.15) is 0 Å². The summed E-state index contributed by atoms with van der Waals surface area (Å²) in [5, 5.41) is 10.3. The lowest BCUT2D eigenvalue weighted by Gasteiger charge is -2.16. The fourth-order valence-electron chi connectivity index (χ4n) is 3.18. The molecule has 1 aliphatic rings. The third-order valence-electron chi connectivity index (χ3n) is 4.59. The van der Waals surface area contributed by atoms with Crippen molar-refractivity contribution in [2.75, 3.05) is 34.9 Å². The Balaban J connectivity index is 2.01. The molecule has 0 aromatic heterocycles. The molecule has 0 aliphatic carbocycles. The van der Waals surface area contributed by atoms with E-state index in [0.717, 1.165) is 36.9 Å². The molecule has 0 atom stereocenters. The van der Waals surface area contributed by atoms with Gasteiger partial charge >= 0.3 is 0 Å². The minimum absolute atomic E-state index is 0.172. The zero-order valence-electron chi connectivity index (χ0n) is 15.3. The highest BCUT2D eigenvalue weighted by atomic mass is 16.5. The normalized spacial score (nSPS) is 12.8. The number of nitrogens with zero attached hydrogens (tertiary/aromatic N) is 1. The molecule has 1 aliphatic heterocycles. The number of aryl methyl sites for hydroxylation is 1. The fraction of sp³-hybridized carbons (Fsp3) is 0.400. The van der Waals surface area contributed by atoms with Crippen molar-refractivity contribution in [3.63, 3.8) is 0 Å². The van der Waals surface area contributed by atoms with E-state index in [1.807, 2.05) is 18.2 Å². The van der Waals surface area contributed by atoms with Crippen LogP contribution in [0.4, 0.5) is 0 Å². The molecule has 3 rings (SSSR count). The third-order valence-corrected chi connectivity index (χ3v) is 4.59. The van der Waals surface area contributed by atoms with Gasteiger partial charge in [0, 0.05) is 18.2 Å². The van der Waals surface area contributed by atoms with Gasteiger partial charge in [-0.25, -0.2) is 0 Å². The van der Waals surface area contributed by atoms with Crippen LogP contribution in [-0.2, 0) is 19.3 Å². The molecule has 0 unspecified atom stereocenters. The first-order valence-electron chi connectivity index (χ1n) is 8.44. The van der Waals surface area contributed by atoms with E-state index in [0.29, 0.717) is 23.0 Å². The predicted molar refractivity (Wildman–Crippen MR) is 97.4 cm³/mol. The summed E-state index contributed by atoms with van der Waals surface area (Å²) >= 11 is 0. The van der Waals surface area contributed by atoms with Crippen molar-refractivity contribution in [1.82, 2.24) is 4.90 Å². The summed E-state index contributed by atoms with van der Waals surface area (Å²) in [7, 11) is 7.35. The molecule has 1 N–H and O–H groups in total. The Bertz CT molecular complexity index is 771. The Kier molecular flexibility index (Phi) is 5.04. The first-order valence-corrected chi connectivity index (χ1v) is 8.44. The summed E-state index contributed by atoms with van der Waals surface area (Å²) in [6.45, 7) is 0.950. The number of ether oxygens (including phenoxy) is 3. The van der Waals surface area contributed by atoms with Crippen LogP contribution < -0.4 is 14.2 Å². The highest BCUT2D eigenvalue weighted by Gasteiger charge is 2.22. The van der Waals surface area contributed by atoms with Crippen molar-refractivity contribution >= 4 is 0 Å². The second-order valence-corrected chi connectivity index (χ2v) is 6.52. The van der Waals surface area contributed by atoms with E-state index in [-0.39, 0.29) is 5.75 Å². The molecule has 2 aromatic carbocycles. The maximum absolute atomic E-state index is 10.3. The summed E-state index contributed by atoms with van der Waals surface area (Å²) in [5.74, 6) is 2.74. The fourth-order valence-corrected chi connectivity index (χ4v) is 3.18. The molecule has 0 radical (unpaired) electrons. The quantitative estimate of drug-likeness (QED) is 0.902. The van der Waals surface area contributed by atoms with E-state index >= 15 is 0 Å². The Morgan fingerprint density at radius 2 is 1.80 bits per heavy atom. The number of phenolic OH excluding ortho intramolecular Hbond substituents is 1. The van der Waals surface area contributed by atoms with Crippen LogP contribution in [0.1, 0.15) is 16.7 Å². The number of hydrogen-bond donors (Lipinski definition) is 1. The minimum Gasteiger partial charge on any atom is -0.504 e. The zero-order chi connectivity index (χ0) is 18.0. The minimum atomic E-state index is 0.172. The number of aromatic hydroxyl groups is 1. The van der Waals surface area contributed by atoms with Crippen molar-refractivity contribution in [2.45, 2.75) is 19.3 Å². The molecule has 0 spiro atoms. The van der Waals surface area contributed by atoms with E-state index in [4.69, 9.17) is 14.2 Å². The zero-order valence-corrected chi connectivity index (χ0v) is 15.3. The van der Waals surface area contributed by atoms with Gasteiger partial charge in [0.25, 0.3) is 0 Å². The number of fused-ring (bicyclic) bond motifs is 2. The van der Waals surface area contributed by atoms with Gasteiger partial charge in [0.05, 0.1) is 14.2 Å². The molecule has 5 nitrogen and oxygen atoms in total. The van der Waals surface area contributed by atoms with Crippen molar-refractivity contribution in [1.29, 1.82) is 0 Å². The lowest BCUT2D eigenvalue weighted by molar-refractivity contribution is 0.350. The number of rotatable bonds is 5. The second-order valence-electron chi connectivity index (χ2n) is 6.52. The van der Waals surface area contributed by atoms with Crippen molar-refractivity contribution < 1.29 is 19.3 Å². The number of phenols is 1. The average molecular weight is 343 g/mol. The van der Waals surface area contributed by atoms with Gasteiger partial charge in [-0.3, -0.25) is 0 Å². The smallest absolute Gasteiger partial charge is 0.172 e. The summed E-state index contributed by atoms with van der Waals surface area (Å²) < 4.78 is 16.9. The van der Waals surface area contributed by atoms with E-state index < -0.39 is 0 Å². The molecular formula is C20H25NO4. The number of benzene rings is 2. The largest absolute Gasteiger partial charge is 0.504 e. The molecule has 25 heavy (non-hydrogen) atoms. The van der Waals surface area contributed by atoms with E-state index in [2.05, 4.69) is 19.0 Å². The molecular weight excluding hydrogens is 318 g/mol. The predicted octanol–water partition coefficient (Wildman–Crippen LogP) is 3.40. The first kappa shape index (κ1) is 17.4. The van der Waals surface area contributed by atoms with Crippen LogP contribution in [0.3, 0.4) is 0 Å². The molecule has 2 aromatic rings. The number of likely N-dealkylation sites (N-methyl/N-ethyl adjacent to an activating group) is 1. The van der Waals surface area contributed by atoms with Gasteiger partial charge in [-0.15, -0.1) is 0 Å². The Morgan fingerprint density at radius 3 is 2.48 bits per heavy atom. The molecule has 5 heteroatoms. The van der Waals surface area contributed by atoms with Crippen LogP contribution in [0.5, 0.6) is 28.7 Å². The molecule has 134 valence electrons. The van der Waals surface area contributed by atoms with Gasteiger partial charge in [0.2, 0.25) is 0 Å². The average Bonchev–Trinajstić information content (AvgIpc) is 2.79. The third kappa shape index (κ3) is 3.51. The van der Waals surface area contributed by atoms with Crippen molar-refractivity contribution in [3.8, 4) is 28.7 Å². The molecule has 1 heterocycles. The van der Waals surface area contributed by atoms with E-state index in [1.54, 1.807) is 20.3 Å². The Hall–Kier alpha value is -2.40. The highest BCUT2D eigenvalue weighted by Crippen LogP contribution is 2.44. The summed E-state index contributed by atoms with van der Waals surface area (Å²) in [5.41, 5.74) is 3.34. The Morgan fingerprint density at radius 1 is 1.08 bits per heavy atom. The van der Waals surface area contributed by atoms with Crippen LogP contribution in [0, 0.1) is 0 Å². The summed E-state index contributed by atoms with van der Waals surface area (Å²) in [6, 6.07) is 7.50. The highest BCUT2D eigenvalue weighted by molar-refractivity contribution is 5.58. The first-order chi connectivity index (χ1) is 12.0.